The van der Waals surface area contributed by atoms with E-state index in [2.05, 4.69) is 5.32 Å². The van der Waals surface area contributed by atoms with E-state index < -0.39 is 0 Å². The second kappa shape index (κ2) is 6.74. The van der Waals surface area contributed by atoms with E-state index >= 15 is 0 Å². The van der Waals surface area contributed by atoms with Gasteiger partial charge in [-0.1, -0.05) is 29.3 Å². The molecule has 0 spiro atoms. The van der Waals surface area contributed by atoms with Gasteiger partial charge in [-0.05, 0) is 17.7 Å². The van der Waals surface area contributed by atoms with Crippen LogP contribution in [0.15, 0.2) is 18.2 Å². The van der Waals surface area contributed by atoms with E-state index in [1.807, 2.05) is 0 Å². The Bertz CT molecular complexity index is 369. The van der Waals surface area contributed by atoms with Crippen LogP contribution in [-0.4, -0.2) is 26.2 Å². The molecule has 1 rings (SSSR count). The molecule has 88 valence electrons. The highest BCUT2D eigenvalue weighted by atomic mass is 35.5. The number of carbonyl (C=O) groups excluding carboxylic acids is 1. The second-order valence-electron chi connectivity index (χ2n) is 3.27. The number of benzene rings is 1. The average molecular weight is 262 g/mol. The zero-order chi connectivity index (χ0) is 12.0. The maximum Gasteiger partial charge on any atom is 0.224 e. The summed E-state index contributed by atoms with van der Waals surface area (Å²) in [7, 11) is 1.59. The fourth-order valence-electron chi connectivity index (χ4n) is 1.19. The lowest BCUT2D eigenvalue weighted by molar-refractivity contribution is -0.120. The number of carbonyl (C=O) groups is 1. The number of amides is 1. The van der Waals surface area contributed by atoms with Crippen LogP contribution in [0.1, 0.15) is 5.56 Å². The number of ether oxygens (including phenoxy) is 1. The summed E-state index contributed by atoms with van der Waals surface area (Å²) in [5, 5.41) is 3.68. The number of hydrogen-bond donors (Lipinski definition) is 1. The Labute approximate surface area is 105 Å². The van der Waals surface area contributed by atoms with Gasteiger partial charge in [-0.25, -0.2) is 0 Å². The minimum atomic E-state index is -0.0598. The molecule has 1 aromatic rings. The molecule has 0 aromatic heterocycles. The van der Waals surface area contributed by atoms with Gasteiger partial charge in [0.1, 0.15) is 0 Å². The fraction of sp³-hybridized carbons (Fsp3) is 0.364. The van der Waals surface area contributed by atoms with Crippen LogP contribution in [0.2, 0.25) is 10.0 Å². The molecular weight excluding hydrogens is 249 g/mol. The molecule has 0 radical (unpaired) electrons. The van der Waals surface area contributed by atoms with Crippen LogP contribution in [-0.2, 0) is 16.0 Å². The normalized spacial score (nSPS) is 10.2. The van der Waals surface area contributed by atoms with E-state index in [9.17, 15) is 4.79 Å². The Morgan fingerprint density at radius 1 is 1.38 bits per heavy atom. The Balaban J connectivity index is 2.46. The summed E-state index contributed by atoms with van der Waals surface area (Å²) in [6.45, 7) is 1.02. The summed E-state index contributed by atoms with van der Waals surface area (Å²) >= 11 is 11.6. The van der Waals surface area contributed by atoms with Crippen molar-refractivity contribution in [3.05, 3.63) is 33.8 Å². The Morgan fingerprint density at radius 2 is 2.12 bits per heavy atom. The third-order valence-electron chi connectivity index (χ3n) is 1.98. The smallest absolute Gasteiger partial charge is 0.224 e. The molecule has 0 aliphatic carbocycles. The molecule has 1 N–H and O–H groups in total. The minimum absolute atomic E-state index is 0.0598. The van der Waals surface area contributed by atoms with Gasteiger partial charge in [-0.15, -0.1) is 0 Å². The van der Waals surface area contributed by atoms with Gasteiger partial charge in [0.15, 0.2) is 0 Å². The number of nitrogens with one attached hydrogen (secondary N) is 1. The maximum absolute atomic E-state index is 11.4. The first-order valence-electron chi connectivity index (χ1n) is 4.83. The quantitative estimate of drug-likeness (QED) is 0.827. The van der Waals surface area contributed by atoms with Gasteiger partial charge in [0, 0.05) is 13.7 Å². The largest absolute Gasteiger partial charge is 0.383 e. The summed E-state index contributed by atoms with van der Waals surface area (Å²) in [4.78, 5) is 11.4. The fourth-order valence-corrected chi connectivity index (χ4v) is 1.51. The Hall–Kier alpha value is -0.770. The van der Waals surface area contributed by atoms with E-state index in [4.69, 9.17) is 27.9 Å². The molecule has 0 unspecified atom stereocenters. The molecule has 0 bridgehead atoms. The van der Waals surface area contributed by atoms with Gasteiger partial charge < -0.3 is 10.1 Å². The lowest BCUT2D eigenvalue weighted by Gasteiger charge is -2.05. The van der Waals surface area contributed by atoms with E-state index in [1.54, 1.807) is 25.3 Å². The monoisotopic (exact) mass is 261 g/mol. The van der Waals surface area contributed by atoms with Gasteiger partial charge in [-0.3, -0.25) is 4.79 Å². The van der Waals surface area contributed by atoms with Crippen molar-refractivity contribution in [1.82, 2.24) is 5.32 Å². The SMILES string of the molecule is COCCNC(=O)Cc1ccc(Cl)c(Cl)c1. The van der Waals surface area contributed by atoms with Crippen LogP contribution < -0.4 is 5.32 Å². The van der Waals surface area contributed by atoms with Crippen LogP contribution in [0.5, 0.6) is 0 Å². The van der Waals surface area contributed by atoms with Crippen molar-refractivity contribution in [3.8, 4) is 0 Å². The van der Waals surface area contributed by atoms with Gasteiger partial charge in [-0.2, -0.15) is 0 Å². The van der Waals surface area contributed by atoms with E-state index in [0.29, 0.717) is 29.6 Å². The minimum Gasteiger partial charge on any atom is -0.383 e. The van der Waals surface area contributed by atoms with Crippen LogP contribution in [0.25, 0.3) is 0 Å². The molecule has 0 aliphatic rings. The summed E-state index contributed by atoms with van der Waals surface area (Å²) < 4.78 is 4.82. The predicted octanol–water partition coefficient (Wildman–Crippen LogP) is 2.30. The number of halogens is 2. The van der Waals surface area contributed by atoms with Crippen LogP contribution in [0.4, 0.5) is 0 Å². The molecule has 16 heavy (non-hydrogen) atoms. The van der Waals surface area contributed by atoms with Crippen molar-refractivity contribution in [2.24, 2.45) is 0 Å². The first-order chi connectivity index (χ1) is 7.63. The predicted molar refractivity (Wildman–Crippen MR) is 65.1 cm³/mol. The van der Waals surface area contributed by atoms with Crippen molar-refractivity contribution in [3.63, 3.8) is 0 Å². The summed E-state index contributed by atoms with van der Waals surface area (Å²) in [6, 6.07) is 5.16. The summed E-state index contributed by atoms with van der Waals surface area (Å²) in [5.74, 6) is -0.0598. The number of methoxy groups -OCH3 is 1. The highest BCUT2D eigenvalue weighted by Gasteiger charge is 2.04. The molecule has 0 atom stereocenters. The van der Waals surface area contributed by atoms with Crippen molar-refractivity contribution in [2.75, 3.05) is 20.3 Å². The molecular formula is C11H13Cl2NO2. The summed E-state index contributed by atoms with van der Waals surface area (Å²) in [6.07, 6.45) is 0.292. The van der Waals surface area contributed by atoms with Crippen LogP contribution >= 0.6 is 23.2 Å². The lowest BCUT2D eigenvalue weighted by atomic mass is 10.1. The molecule has 0 saturated carbocycles. The van der Waals surface area contributed by atoms with Gasteiger partial charge in [0.2, 0.25) is 5.91 Å². The van der Waals surface area contributed by atoms with Crippen molar-refractivity contribution >= 4 is 29.1 Å². The molecule has 0 fully saturated rings. The highest BCUT2D eigenvalue weighted by molar-refractivity contribution is 6.42. The van der Waals surface area contributed by atoms with Crippen LogP contribution in [0.3, 0.4) is 0 Å². The molecule has 1 amide bonds. The zero-order valence-corrected chi connectivity index (χ0v) is 10.4. The number of hydrogen-bond acceptors (Lipinski definition) is 2. The van der Waals surface area contributed by atoms with Gasteiger partial charge in [0.05, 0.1) is 23.1 Å². The highest BCUT2D eigenvalue weighted by Crippen LogP contribution is 2.22. The molecule has 0 aliphatic heterocycles. The third-order valence-corrected chi connectivity index (χ3v) is 2.72. The van der Waals surface area contributed by atoms with E-state index in [-0.39, 0.29) is 5.91 Å². The van der Waals surface area contributed by atoms with Crippen LogP contribution in [0, 0.1) is 0 Å². The van der Waals surface area contributed by atoms with E-state index in [0.717, 1.165) is 5.56 Å². The molecule has 0 saturated heterocycles. The zero-order valence-electron chi connectivity index (χ0n) is 8.93. The van der Waals surface area contributed by atoms with Gasteiger partial charge >= 0.3 is 0 Å². The number of rotatable bonds is 5. The Kier molecular flexibility index (Phi) is 5.60. The molecule has 0 heterocycles. The molecule has 1 aromatic carbocycles. The van der Waals surface area contributed by atoms with E-state index in [1.165, 1.54) is 0 Å². The lowest BCUT2D eigenvalue weighted by Crippen LogP contribution is -2.28. The van der Waals surface area contributed by atoms with Gasteiger partial charge in [0.25, 0.3) is 0 Å². The summed E-state index contributed by atoms with van der Waals surface area (Å²) in [5.41, 5.74) is 0.837. The average Bonchev–Trinajstić information content (AvgIpc) is 2.24. The van der Waals surface area contributed by atoms with Crippen molar-refractivity contribution in [2.45, 2.75) is 6.42 Å². The van der Waals surface area contributed by atoms with Crippen molar-refractivity contribution in [1.29, 1.82) is 0 Å². The third kappa shape index (κ3) is 4.39. The first-order valence-corrected chi connectivity index (χ1v) is 5.58. The second-order valence-corrected chi connectivity index (χ2v) is 4.08. The standard InChI is InChI=1S/C11H13Cl2NO2/c1-16-5-4-14-11(15)7-8-2-3-9(12)10(13)6-8/h2-3,6H,4-5,7H2,1H3,(H,14,15). The topological polar surface area (TPSA) is 38.3 Å². The first kappa shape index (κ1) is 13.3. The van der Waals surface area contributed by atoms with Crippen molar-refractivity contribution < 1.29 is 9.53 Å². The molecule has 3 nitrogen and oxygen atoms in total. The maximum atomic E-state index is 11.4. The molecule has 5 heteroatoms. The Morgan fingerprint density at radius 3 is 2.75 bits per heavy atom.